The molecule has 10 heavy (non-hydrogen) atoms. The molecule has 0 spiro atoms. The fourth-order valence-corrected chi connectivity index (χ4v) is 1.58. The lowest BCUT2D eigenvalue weighted by Crippen LogP contribution is -2.45. The summed E-state index contributed by atoms with van der Waals surface area (Å²) in [7, 11) is 0. The Kier molecular flexibility index (Phi) is 0.952. The van der Waals surface area contributed by atoms with Gasteiger partial charge in [0.25, 0.3) is 0 Å². The van der Waals surface area contributed by atoms with E-state index in [4.69, 9.17) is 5.21 Å². The van der Waals surface area contributed by atoms with Gasteiger partial charge in [-0.05, 0) is 6.42 Å². The van der Waals surface area contributed by atoms with Gasteiger partial charge >= 0.3 is 0 Å². The van der Waals surface area contributed by atoms with E-state index in [-0.39, 0.29) is 17.6 Å². The van der Waals surface area contributed by atoms with Crippen molar-refractivity contribution in [3.05, 3.63) is 12.2 Å². The van der Waals surface area contributed by atoms with Crippen molar-refractivity contribution in [2.75, 3.05) is 0 Å². The van der Waals surface area contributed by atoms with Gasteiger partial charge in [-0.2, -0.15) is 0 Å². The first-order valence-corrected chi connectivity index (χ1v) is 3.27. The van der Waals surface area contributed by atoms with E-state index in [1.165, 1.54) is 0 Å². The van der Waals surface area contributed by atoms with Gasteiger partial charge < -0.3 is 5.21 Å². The summed E-state index contributed by atoms with van der Waals surface area (Å²) in [6, 6.07) is 0. The van der Waals surface area contributed by atoms with Crippen molar-refractivity contribution in [3.63, 3.8) is 0 Å². The number of carbonyl (C=O) groups excluding carboxylic acids is 1. The van der Waals surface area contributed by atoms with Crippen LogP contribution in [-0.2, 0) is 4.79 Å². The molecule has 0 saturated heterocycles. The Morgan fingerprint density at radius 1 is 1.70 bits per heavy atom. The van der Waals surface area contributed by atoms with Gasteiger partial charge in [-0.15, -0.1) is 0 Å². The molecule has 0 aliphatic heterocycles. The van der Waals surface area contributed by atoms with E-state index in [2.05, 4.69) is 5.16 Å². The predicted molar refractivity (Wildman–Crippen MR) is 35.0 cm³/mol. The van der Waals surface area contributed by atoms with Crippen molar-refractivity contribution < 1.29 is 10.0 Å². The van der Waals surface area contributed by atoms with Crippen LogP contribution in [0.25, 0.3) is 0 Å². The highest BCUT2D eigenvalue weighted by Gasteiger charge is 2.47. The van der Waals surface area contributed by atoms with E-state index in [1.54, 1.807) is 0 Å². The number of Topliss-reactive ketones (excluding diaryl/α,β-unsaturated/α-hetero) is 1. The molecular formula is C7H7NO2. The second-order valence-corrected chi connectivity index (χ2v) is 2.65. The largest absolute Gasteiger partial charge is 0.411 e. The summed E-state index contributed by atoms with van der Waals surface area (Å²) in [5, 5.41) is 11.3. The molecule has 2 aliphatic carbocycles. The first-order valence-electron chi connectivity index (χ1n) is 3.27. The maximum atomic E-state index is 10.9. The van der Waals surface area contributed by atoms with Crippen molar-refractivity contribution in [2.24, 2.45) is 17.0 Å². The van der Waals surface area contributed by atoms with E-state index in [0.29, 0.717) is 5.71 Å². The normalized spacial score (nSPS) is 40.0. The van der Waals surface area contributed by atoms with Crippen LogP contribution < -0.4 is 0 Å². The third-order valence-electron chi connectivity index (χ3n) is 2.18. The Hall–Kier alpha value is -1.12. The van der Waals surface area contributed by atoms with Crippen LogP contribution in [0.2, 0.25) is 0 Å². The number of allylic oxidation sites excluding steroid dienone is 2. The van der Waals surface area contributed by atoms with Gasteiger partial charge in [0.2, 0.25) is 0 Å². The van der Waals surface area contributed by atoms with Crippen LogP contribution in [0.3, 0.4) is 0 Å². The molecule has 3 nitrogen and oxygen atoms in total. The van der Waals surface area contributed by atoms with Crippen LogP contribution in [0.15, 0.2) is 17.3 Å². The molecule has 1 saturated carbocycles. The van der Waals surface area contributed by atoms with Crippen molar-refractivity contribution in [2.45, 2.75) is 6.42 Å². The van der Waals surface area contributed by atoms with E-state index < -0.39 is 0 Å². The topological polar surface area (TPSA) is 49.7 Å². The molecule has 3 heteroatoms. The Balaban J connectivity index is 2.29. The zero-order valence-corrected chi connectivity index (χ0v) is 5.32. The number of ketones is 1. The summed E-state index contributed by atoms with van der Waals surface area (Å²) < 4.78 is 0. The molecule has 2 rings (SSSR count). The number of hydrogen-bond donors (Lipinski definition) is 1. The van der Waals surface area contributed by atoms with Gasteiger partial charge in [-0.25, -0.2) is 0 Å². The van der Waals surface area contributed by atoms with Crippen molar-refractivity contribution in [3.8, 4) is 0 Å². The van der Waals surface area contributed by atoms with E-state index >= 15 is 0 Å². The molecule has 0 aromatic rings. The third kappa shape index (κ3) is 0.454. The average molecular weight is 137 g/mol. The van der Waals surface area contributed by atoms with E-state index in [0.717, 1.165) is 6.42 Å². The van der Waals surface area contributed by atoms with Crippen molar-refractivity contribution >= 4 is 11.5 Å². The number of nitrogens with zero attached hydrogens (tertiary/aromatic N) is 1. The second kappa shape index (κ2) is 1.68. The summed E-state index contributed by atoms with van der Waals surface area (Å²) in [6.45, 7) is 0. The number of rotatable bonds is 0. The Morgan fingerprint density at radius 3 is 3.20 bits per heavy atom. The van der Waals surface area contributed by atoms with Crippen LogP contribution in [0.1, 0.15) is 6.42 Å². The predicted octanol–water partition coefficient (Wildman–Crippen LogP) is 0.592. The minimum atomic E-state index is 0.0116. The lowest BCUT2D eigenvalue weighted by molar-refractivity contribution is -0.120. The summed E-state index contributed by atoms with van der Waals surface area (Å²) in [6.07, 6.45) is 4.72. The monoisotopic (exact) mass is 137 g/mol. The molecule has 1 N–H and O–H groups in total. The minimum Gasteiger partial charge on any atom is -0.411 e. The standard InChI is InChI=1S/C7H7NO2/c9-7-5-3-1-2-4(5)6(7)8-10/h1-2,4-5,10H,3H2/b8-6-. The molecule has 0 aromatic carbocycles. The molecule has 2 atom stereocenters. The maximum Gasteiger partial charge on any atom is 0.185 e. The Morgan fingerprint density at radius 2 is 2.50 bits per heavy atom. The van der Waals surface area contributed by atoms with Crippen LogP contribution in [0, 0.1) is 11.8 Å². The zero-order chi connectivity index (χ0) is 7.14. The smallest absolute Gasteiger partial charge is 0.185 e. The molecule has 0 aromatic heterocycles. The van der Waals surface area contributed by atoms with Gasteiger partial charge in [0.15, 0.2) is 5.78 Å². The number of hydrogen-bond acceptors (Lipinski definition) is 3. The molecule has 0 amide bonds. The summed E-state index contributed by atoms with van der Waals surface area (Å²) in [5.41, 5.74) is 0.332. The van der Waals surface area contributed by atoms with Gasteiger partial charge in [0, 0.05) is 11.8 Å². The molecule has 0 heterocycles. The summed E-state index contributed by atoms with van der Waals surface area (Å²) >= 11 is 0. The molecule has 0 radical (unpaired) electrons. The van der Waals surface area contributed by atoms with Crippen LogP contribution in [0.5, 0.6) is 0 Å². The first kappa shape index (κ1) is 5.65. The maximum absolute atomic E-state index is 10.9. The third-order valence-corrected chi connectivity index (χ3v) is 2.18. The quantitative estimate of drug-likeness (QED) is 0.302. The van der Waals surface area contributed by atoms with E-state index in [1.807, 2.05) is 12.2 Å². The van der Waals surface area contributed by atoms with Crippen molar-refractivity contribution in [1.82, 2.24) is 0 Å². The van der Waals surface area contributed by atoms with Gasteiger partial charge in [-0.3, -0.25) is 4.79 Å². The van der Waals surface area contributed by atoms with Gasteiger partial charge in [0.05, 0.1) is 0 Å². The fraction of sp³-hybridized carbons (Fsp3) is 0.429. The molecule has 0 bridgehead atoms. The SMILES string of the molecule is O=C1/C(=N\O)C2C=CCC12. The van der Waals surface area contributed by atoms with Crippen LogP contribution >= 0.6 is 0 Å². The number of carbonyl (C=O) groups is 1. The van der Waals surface area contributed by atoms with E-state index in [9.17, 15) is 4.79 Å². The lowest BCUT2D eigenvalue weighted by Gasteiger charge is -2.28. The average Bonchev–Trinajstić information content (AvgIpc) is 2.33. The highest BCUT2D eigenvalue weighted by Crippen LogP contribution is 2.37. The number of oxime groups is 1. The van der Waals surface area contributed by atoms with Crippen LogP contribution in [-0.4, -0.2) is 16.7 Å². The molecular weight excluding hydrogens is 130 g/mol. The Labute approximate surface area is 58.0 Å². The summed E-state index contributed by atoms with van der Waals surface area (Å²) in [5.74, 6) is 0.237. The highest BCUT2D eigenvalue weighted by molar-refractivity contribution is 6.48. The first-order chi connectivity index (χ1) is 4.84. The lowest BCUT2D eigenvalue weighted by atomic mass is 9.73. The minimum absolute atomic E-state index is 0.0116. The van der Waals surface area contributed by atoms with Crippen molar-refractivity contribution in [1.29, 1.82) is 0 Å². The van der Waals surface area contributed by atoms with Gasteiger partial charge in [-0.1, -0.05) is 17.3 Å². The fourth-order valence-electron chi connectivity index (χ4n) is 1.58. The Bertz CT molecular complexity index is 242. The zero-order valence-electron chi connectivity index (χ0n) is 5.32. The van der Waals surface area contributed by atoms with Crippen LogP contribution in [0.4, 0.5) is 0 Å². The second-order valence-electron chi connectivity index (χ2n) is 2.65. The summed E-state index contributed by atoms with van der Waals surface area (Å²) in [4.78, 5) is 10.9. The highest BCUT2D eigenvalue weighted by atomic mass is 16.4. The molecule has 52 valence electrons. The molecule has 2 aliphatic rings. The van der Waals surface area contributed by atoms with Gasteiger partial charge in [0.1, 0.15) is 5.71 Å². The molecule has 1 fully saturated rings. The number of fused-ring (bicyclic) bond motifs is 1. The molecule has 2 unspecified atom stereocenters.